The molecule has 0 aliphatic carbocycles. The van der Waals surface area contributed by atoms with Gasteiger partial charge in [-0.2, -0.15) is 4.31 Å². The number of aryl methyl sites for hydroxylation is 2. The van der Waals surface area contributed by atoms with Crippen molar-refractivity contribution in [3.63, 3.8) is 0 Å². The first-order chi connectivity index (χ1) is 15.5. The number of benzene rings is 1. The van der Waals surface area contributed by atoms with Crippen molar-refractivity contribution in [1.29, 1.82) is 0 Å². The number of hydrogen-bond donors (Lipinski definition) is 1. The first kappa shape index (κ1) is 23.0. The first-order valence-electron chi connectivity index (χ1n) is 10.6. The zero-order valence-corrected chi connectivity index (χ0v) is 19.5. The van der Waals surface area contributed by atoms with E-state index in [1.54, 1.807) is 30.3 Å². The second kappa shape index (κ2) is 8.31. The van der Waals surface area contributed by atoms with Gasteiger partial charge in [-0.3, -0.25) is 14.5 Å². The molecule has 0 spiro atoms. The van der Waals surface area contributed by atoms with Crippen LogP contribution in [0.5, 0.6) is 0 Å². The zero-order chi connectivity index (χ0) is 24.0. The fourth-order valence-electron chi connectivity index (χ4n) is 4.01. The molecule has 10 nitrogen and oxygen atoms in total. The van der Waals surface area contributed by atoms with Gasteiger partial charge in [-0.05, 0) is 56.2 Å². The van der Waals surface area contributed by atoms with E-state index in [9.17, 15) is 22.8 Å². The topological polar surface area (TPSA) is 120 Å². The van der Waals surface area contributed by atoms with E-state index in [4.69, 9.17) is 4.42 Å². The molecule has 0 radical (unpaired) electrons. The largest absolute Gasteiger partial charge is 0.466 e. The Morgan fingerprint density at radius 2 is 1.79 bits per heavy atom. The normalized spacial score (nSPS) is 22.0. The summed E-state index contributed by atoms with van der Waals surface area (Å²) in [4.78, 5) is 40.6. The summed E-state index contributed by atoms with van der Waals surface area (Å²) in [6.07, 6.45) is 1.40. The van der Waals surface area contributed by atoms with Gasteiger partial charge in [-0.1, -0.05) is 6.07 Å². The van der Waals surface area contributed by atoms with Crippen LogP contribution in [-0.2, 0) is 25.2 Å². The fourth-order valence-corrected chi connectivity index (χ4v) is 5.52. The second-order valence-corrected chi connectivity index (χ2v) is 10.4. The maximum Gasteiger partial charge on any atom is 0.325 e. The number of sulfonamides is 1. The van der Waals surface area contributed by atoms with Crippen molar-refractivity contribution in [2.24, 2.45) is 0 Å². The molecule has 11 heteroatoms. The van der Waals surface area contributed by atoms with Crippen molar-refractivity contribution in [2.45, 2.75) is 31.2 Å². The number of imide groups is 1. The van der Waals surface area contributed by atoms with Gasteiger partial charge in [0.2, 0.25) is 15.9 Å². The predicted octanol–water partition coefficient (Wildman–Crippen LogP) is 1.20. The minimum Gasteiger partial charge on any atom is -0.466 e. The third kappa shape index (κ3) is 4.02. The van der Waals surface area contributed by atoms with Gasteiger partial charge in [-0.15, -0.1) is 0 Å². The molecule has 176 valence electrons. The molecule has 2 saturated heterocycles. The van der Waals surface area contributed by atoms with Gasteiger partial charge in [0.1, 0.15) is 12.3 Å². The zero-order valence-electron chi connectivity index (χ0n) is 18.7. The average Bonchev–Trinajstić information content (AvgIpc) is 3.40. The fraction of sp³-hybridized carbons (Fsp3) is 0.409. The van der Waals surface area contributed by atoms with Crippen LogP contribution in [0.2, 0.25) is 0 Å². The maximum absolute atomic E-state index is 13.0. The molecule has 4 amide bonds. The lowest BCUT2D eigenvalue weighted by Crippen LogP contribution is -2.53. The van der Waals surface area contributed by atoms with E-state index >= 15 is 0 Å². The van der Waals surface area contributed by atoms with Crippen molar-refractivity contribution < 1.29 is 27.2 Å². The van der Waals surface area contributed by atoms with Gasteiger partial charge < -0.3 is 14.6 Å². The summed E-state index contributed by atoms with van der Waals surface area (Å²) in [5.74, 6) is -0.724. The number of amides is 4. The van der Waals surface area contributed by atoms with Gasteiger partial charge in [0.05, 0.1) is 11.2 Å². The van der Waals surface area contributed by atoms with Gasteiger partial charge in [0.25, 0.3) is 5.91 Å². The average molecular weight is 475 g/mol. The third-order valence-corrected chi connectivity index (χ3v) is 8.18. The minimum absolute atomic E-state index is 0.130. The Kier molecular flexibility index (Phi) is 5.79. The highest BCUT2D eigenvalue weighted by Crippen LogP contribution is 2.29. The van der Waals surface area contributed by atoms with E-state index in [0.717, 1.165) is 16.0 Å². The van der Waals surface area contributed by atoms with Crippen LogP contribution in [-0.4, -0.2) is 73.1 Å². The Bertz CT molecular complexity index is 1200. The van der Waals surface area contributed by atoms with Gasteiger partial charge in [0, 0.05) is 26.2 Å². The Labute approximate surface area is 192 Å². The number of urea groups is 1. The van der Waals surface area contributed by atoms with Crippen molar-refractivity contribution in [3.8, 4) is 0 Å². The molecule has 2 aromatic rings. The number of nitrogens with zero attached hydrogens (tertiary/aromatic N) is 3. The van der Waals surface area contributed by atoms with Gasteiger partial charge >= 0.3 is 6.03 Å². The maximum atomic E-state index is 13.0. The summed E-state index contributed by atoms with van der Waals surface area (Å²) in [5.41, 5.74) is 0.521. The van der Waals surface area contributed by atoms with Crippen LogP contribution in [0.4, 0.5) is 4.79 Å². The number of furan rings is 1. The molecule has 3 heterocycles. The van der Waals surface area contributed by atoms with Crippen molar-refractivity contribution in [1.82, 2.24) is 19.4 Å². The van der Waals surface area contributed by atoms with E-state index < -0.39 is 40.0 Å². The summed E-state index contributed by atoms with van der Waals surface area (Å²) >= 11 is 0. The standard InChI is InChI=1S/C22H26N4O6S/c1-15-6-7-17(13-16(15)2)33(30,31)25-10-8-24(9-11-25)19(27)14-26-20(28)22(3,23-21(26)29)18-5-4-12-32-18/h4-7,12-13H,8-11,14H2,1-3H3,(H,23,29). The van der Waals surface area contributed by atoms with E-state index in [0.29, 0.717) is 0 Å². The van der Waals surface area contributed by atoms with Crippen LogP contribution < -0.4 is 5.32 Å². The Hall–Kier alpha value is -3.18. The molecule has 2 aliphatic rings. The SMILES string of the molecule is Cc1ccc(S(=O)(=O)N2CCN(C(=O)CN3C(=O)NC(C)(c4ccco4)C3=O)CC2)cc1C. The van der Waals surface area contributed by atoms with Crippen LogP contribution in [0.3, 0.4) is 0 Å². The third-order valence-electron chi connectivity index (χ3n) is 6.29. The van der Waals surface area contributed by atoms with E-state index in [1.807, 2.05) is 13.8 Å². The lowest BCUT2D eigenvalue weighted by Gasteiger charge is -2.34. The van der Waals surface area contributed by atoms with Crippen LogP contribution >= 0.6 is 0 Å². The van der Waals surface area contributed by atoms with Crippen molar-refractivity contribution in [3.05, 3.63) is 53.5 Å². The second-order valence-electron chi connectivity index (χ2n) is 8.45. The number of rotatable bonds is 5. The molecular formula is C22H26N4O6S. The molecule has 2 fully saturated rings. The van der Waals surface area contributed by atoms with Crippen molar-refractivity contribution >= 4 is 27.9 Å². The summed E-state index contributed by atoms with van der Waals surface area (Å²) < 4.78 is 32.6. The highest BCUT2D eigenvalue weighted by molar-refractivity contribution is 7.89. The molecule has 1 aromatic heterocycles. The van der Waals surface area contributed by atoms with E-state index in [1.165, 1.54) is 22.4 Å². The molecular weight excluding hydrogens is 448 g/mol. The van der Waals surface area contributed by atoms with Crippen LogP contribution in [0, 0.1) is 13.8 Å². The van der Waals surface area contributed by atoms with E-state index in [2.05, 4.69) is 5.32 Å². The summed E-state index contributed by atoms with van der Waals surface area (Å²) in [6, 6.07) is 7.52. The first-order valence-corrected chi connectivity index (χ1v) is 12.0. The summed E-state index contributed by atoms with van der Waals surface area (Å²) in [7, 11) is -3.67. The molecule has 33 heavy (non-hydrogen) atoms. The van der Waals surface area contributed by atoms with Crippen LogP contribution in [0.15, 0.2) is 45.9 Å². The van der Waals surface area contributed by atoms with E-state index in [-0.39, 0.29) is 36.8 Å². The Balaban J connectivity index is 1.39. The lowest BCUT2D eigenvalue weighted by molar-refractivity contribution is -0.139. The smallest absolute Gasteiger partial charge is 0.325 e. The molecule has 1 unspecified atom stereocenters. The van der Waals surface area contributed by atoms with Crippen LogP contribution in [0.25, 0.3) is 0 Å². The molecule has 1 N–H and O–H groups in total. The number of carbonyl (C=O) groups is 3. The van der Waals surface area contributed by atoms with Crippen molar-refractivity contribution in [2.75, 3.05) is 32.7 Å². The molecule has 2 aliphatic heterocycles. The highest BCUT2D eigenvalue weighted by Gasteiger charge is 2.51. The molecule has 1 atom stereocenters. The lowest BCUT2D eigenvalue weighted by atomic mass is 9.99. The van der Waals surface area contributed by atoms with Crippen LogP contribution in [0.1, 0.15) is 23.8 Å². The minimum atomic E-state index is -3.67. The number of piperazine rings is 1. The number of nitrogens with one attached hydrogen (secondary N) is 1. The monoisotopic (exact) mass is 474 g/mol. The Morgan fingerprint density at radius 3 is 2.39 bits per heavy atom. The predicted molar refractivity (Wildman–Crippen MR) is 118 cm³/mol. The number of hydrogen-bond acceptors (Lipinski definition) is 6. The Morgan fingerprint density at radius 1 is 1.09 bits per heavy atom. The highest BCUT2D eigenvalue weighted by atomic mass is 32.2. The quantitative estimate of drug-likeness (QED) is 0.650. The van der Waals surface area contributed by atoms with Gasteiger partial charge in [-0.25, -0.2) is 13.2 Å². The summed E-state index contributed by atoms with van der Waals surface area (Å²) in [6.45, 7) is 5.47. The summed E-state index contributed by atoms with van der Waals surface area (Å²) in [5, 5.41) is 2.58. The molecule has 1 aromatic carbocycles. The number of carbonyl (C=O) groups excluding carboxylic acids is 3. The molecule has 0 bridgehead atoms. The molecule has 4 rings (SSSR count). The molecule has 0 saturated carbocycles. The van der Waals surface area contributed by atoms with Gasteiger partial charge in [0.15, 0.2) is 5.54 Å².